The number of nitrogens with zero attached hydrogens (tertiary/aromatic N) is 2. The second-order valence-corrected chi connectivity index (χ2v) is 8.25. The van der Waals surface area contributed by atoms with Gasteiger partial charge in [-0.25, -0.2) is 13.4 Å². The van der Waals surface area contributed by atoms with Gasteiger partial charge >= 0.3 is 6.18 Å². The molecule has 1 spiro atoms. The summed E-state index contributed by atoms with van der Waals surface area (Å²) in [5, 5.41) is -0.127. The molecular weight excluding hydrogens is 345 g/mol. The van der Waals surface area contributed by atoms with Crippen molar-refractivity contribution in [3.05, 3.63) is 24.4 Å². The molecule has 2 fully saturated rings. The van der Waals surface area contributed by atoms with Crippen molar-refractivity contribution < 1.29 is 26.3 Å². The zero-order valence-corrected chi connectivity index (χ0v) is 13.8. The van der Waals surface area contributed by atoms with Crippen LogP contribution in [-0.4, -0.2) is 50.2 Å². The topological polar surface area (TPSA) is 59.5 Å². The Hall–Kier alpha value is -1.19. The first-order valence-electron chi connectivity index (χ1n) is 7.81. The van der Waals surface area contributed by atoms with Crippen molar-refractivity contribution in [2.75, 3.05) is 26.3 Å². The maximum Gasteiger partial charge on any atom is 0.392 e. The van der Waals surface area contributed by atoms with E-state index in [1.54, 1.807) is 12.1 Å². The average Bonchev–Trinajstić information content (AvgIpc) is 2.55. The summed E-state index contributed by atoms with van der Waals surface area (Å²) in [6.07, 6.45) is -2.77. The standard InChI is InChI=1S/C15H19F3N2O3S/c16-15(17,18)12-4-8-20(11-14(12)5-9-23-10-6-14)24(21,22)13-3-1-2-7-19-13/h1-3,7,12H,4-6,8-11H2/t12-/m1/s1. The van der Waals surface area contributed by atoms with E-state index in [9.17, 15) is 21.6 Å². The van der Waals surface area contributed by atoms with Crippen LogP contribution in [0.15, 0.2) is 29.4 Å². The van der Waals surface area contributed by atoms with E-state index in [4.69, 9.17) is 4.74 Å². The highest BCUT2D eigenvalue weighted by molar-refractivity contribution is 7.89. The van der Waals surface area contributed by atoms with Gasteiger partial charge < -0.3 is 4.74 Å². The number of halogens is 3. The van der Waals surface area contributed by atoms with Gasteiger partial charge in [0.25, 0.3) is 10.0 Å². The van der Waals surface area contributed by atoms with Gasteiger partial charge in [-0.05, 0) is 31.4 Å². The maximum atomic E-state index is 13.5. The van der Waals surface area contributed by atoms with E-state index in [-0.39, 0.29) is 50.6 Å². The molecule has 0 aliphatic carbocycles. The Kier molecular flexibility index (Phi) is 4.61. The molecule has 0 radical (unpaired) electrons. The summed E-state index contributed by atoms with van der Waals surface area (Å²) in [4.78, 5) is 3.85. The molecule has 0 bridgehead atoms. The third kappa shape index (κ3) is 3.16. The summed E-state index contributed by atoms with van der Waals surface area (Å²) >= 11 is 0. The summed E-state index contributed by atoms with van der Waals surface area (Å²) in [5.41, 5.74) is -1.11. The van der Waals surface area contributed by atoms with Crippen LogP contribution in [0.5, 0.6) is 0 Å². The Bertz CT molecular complexity index is 673. The molecule has 0 aromatic carbocycles. The average molecular weight is 364 g/mol. The predicted molar refractivity (Wildman–Crippen MR) is 79.6 cm³/mol. The number of aromatic nitrogens is 1. The Morgan fingerprint density at radius 2 is 1.96 bits per heavy atom. The third-order valence-electron chi connectivity index (χ3n) is 5.02. The summed E-state index contributed by atoms with van der Waals surface area (Å²) in [7, 11) is -3.89. The van der Waals surface area contributed by atoms with E-state index < -0.39 is 27.5 Å². The molecular formula is C15H19F3N2O3S. The normalized spacial score (nSPS) is 25.7. The first kappa shape index (κ1) is 17.6. The Morgan fingerprint density at radius 1 is 1.25 bits per heavy atom. The van der Waals surface area contributed by atoms with Crippen molar-refractivity contribution in [1.29, 1.82) is 0 Å². The van der Waals surface area contributed by atoms with Crippen molar-refractivity contribution in [2.24, 2.45) is 11.3 Å². The van der Waals surface area contributed by atoms with Crippen LogP contribution in [0.4, 0.5) is 13.2 Å². The number of alkyl halides is 3. The van der Waals surface area contributed by atoms with E-state index in [0.29, 0.717) is 0 Å². The fraction of sp³-hybridized carbons (Fsp3) is 0.667. The third-order valence-corrected chi connectivity index (χ3v) is 6.78. The Labute approximate surface area is 138 Å². The highest BCUT2D eigenvalue weighted by Crippen LogP contribution is 2.51. The van der Waals surface area contributed by atoms with Gasteiger partial charge in [-0.2, -0.15) is 17.5 Å². The lowest BCUT2D eigenvalue weighted by molar-refractivity contribution is -0.231. The van der Waals surface area contributed by atoms with Crippen LogP contribution in [0.3, 0.4) is 0 Å². The molecule has 3 rings (SSSR count). The molecule has 2 aliphatic heterocycles. The number of pyridine rings is 1. The first-order chi connectivity index (χ1) is 11.3. The van der Waals surface area contributed by atoms with Crippen molar-refractivity contribution in [3.63, 3.8) is 0 Å². The van der Waals surface area contributed by atoms with Crippen molar-refractivity contribution >= 4 is 10.0 Å². The van der Waals surface area contributed by atoms with E-state index in [0.717, 1.165) is 4.31 Å². The van der Waals surface area contributed by atoms with Crippen molar-refractivity contribution in [3.8, 4) is 0 Å². The van der Waals surface area contributed by atoms with Gasteiger partial charge in [-0.1, -0.05) is 6.07 Å². The Morgan fingerprint density at radius 3 is 2.54 bits per heavy atom. The lowest BCUT2D eigenvalue weighted by Crippen LogP contribution is -2.56. The fourth-order valence-corrected chi connectivity index (χ4v) is 5.23. The number of rotatable bonds is 2. The first-order valence-corrected chi connectivity index (χ1v) is 9.25. The summed E-state index contributed by atoms with van der Waals surface area (Å²) in [5.74, 6) is -1.50. The molecule has 24 heavy (non-hydrogen) atoms. The number of sulfonamides is 1. The molecule has 134 valence electrons. The second kappa shape index (κ2) is 6.27. The number of ether oxygens (including phenoxy) is 1. The van der Waals surface area contributed by atoms with Crippen LogP contribution in [0.1, 0.15) is 19.3 Å². The van der Waals surface area contributed by atoms with Crippen LogP contribution in [0.25, 0.3) is 0 Å². The lowest BCUT2D eigenvalue weighted by atomic mass is 9.66. The van der Waals surface area contributed by atoms with Gasteiger partial charge in [0.1, 0.15) is 0 Å². The number of hydrogen-bond donors (Lipinski definition) is 0. The fourth-order valence-electron chi connectivity index (χ4n) is 3.75. The van der Waals surface area contributed by atoms with Crippen LogP contribution >= 0.6 is 0 Å². The molecule has 5 nitrogen and oxygen atoms in total. The monoisotopic (exact) mass is 364 g/mol. The molecule has 2 aliphatic rings. The van der Waals surface area contributed by atoms with Gasteiger partial charge in [0.2, 0.25) is 0 Å². The summed E-state index contributed by atoms with van der Waals surface area (Å²) < 4.78 is 72.3. The van der Waals surface area contributed by atoms with Crippen molar-refractivity contribution in [2.45, 2.75) is 30.5 Å². The lowest BCUT2D eigenvalue weighted by Gasteiger charge is -2.49. The minimum atomic E-state index is -4.34. The molecule has 0 amide bonds. The molecule has 0 N–H and O–H groups in total. The second-order valence-electron chi connectivity index (χ2n) is 6.36. The van der Waals surface area contributed by atoms with E-state index in [1.807, 2.05) is 0 Å². The van der Waals surface area contributed by atoms with Gasteiger partial charge in [0.15, 0.2) is 5.03 Å². The quantitative estimate of drug-likeness (QED) is 0.809. The minimum Gasteiger partial charge on any atom is -0.381 e. The van der Waals surface area contributed by atoms with Crippen LogP contribution in [0, 0.1) is 11.3 Å². The van der Waals surface area contributed by atoms with Gasteiger partial charge in [0, 0.05) is 37.9 Å². The van der Waals surface area contributed by atoms with Gasteiger partial charge in [-0.15, -0.1) is 0 Å². The largest absolute Gasteiger partial charge is 0.392 e. The summed E-state index contributed by atoms with van der Waals surface area (Å²) in [6.45, 7) is 0.166. The zero-order chi connectivity index (χ0) is 17.4. The summed E-state index contributed by atoms with van der Waals surface area (Å²) in [6, 6.07) is 4.50. The predicted octanol–water partition coefficient (Wildman–Crippen LogP) is 2.45. The van der Waals surface area contributed by atoms with Gasteiger partial charge in [-0.3, -0.25) is 0 Å². The molecule has 1 aromatic rings. The molecule has 3 heterocycles. The molecule has 0 unspecified atom stereocenters. The Balaban J connectivity index is 1.92. The number of hydrogen-bond acceptors (Lipinski definition) is 4. The van der Waals surface area contributed by atoms with Crippen LogP contribution in [-0.2, 0) is 14.8 Å². The SMILES string of the molecule is O=S(=O)(c1ccccn1)N1CC[C@@H](C(F)(F)F)C2(CCOCC2)C1. The smallest absolute Gasteiger partial charge is 0.381 e. The van der Waals surface area contributed by atoms with E-state index >= 15 is 0 Å². The molecule has 1 atom stereocenters. The maximum absolute atomic E-state index is 13.5. The van der Waals surface area contributed by atoms with E-state index in [2.05, 4.69) is 4.98 Å². The van der Waals surface area contributed by atoms with E-state index in [1.165, 1.54) is 12.3 Å². The molecule has 0 saturated carbocycles. The van der Waals surface area contributed by atoms with Crippen LogP contribution < -0.4 is 0 Å². The minimum absolute atomic E-state index is 0.127. The molecule has 9 heteroatoms. The highest BCUT2D eigenvalue weighted by Gasteiger charge is 2.57. The van der Waals surface area contributed by atoms with Crippen molar-refractivity contribution in [1.82, 2.24) is 9.29 Å². The molecule has 1 aromatic heterocycles. The highest BCUT2D eigenvalue weighted by atomic mass is 32.2. The van der Waals surface area contributed by atoms with Gasteiger partial charge in [0.05, 0.1) is 5.92 Å². The molecule has 2 saturated heterocycles. The van der Waals surface area contributed by atoms with Crippen LogP contribution in [0.2, 0.25) is 0 Å². The number of piperidine rings is 1. The zero-order valence-electron chi connectivity index (χ0n) is 13.0.